The third-order valence-corrected chi connectivity index (χ3v) is 2.69. The molecule has 1 amide bonds. The molecule has 0 aliphatic heterocycles. The van der Waals surface area contributed by atoms with E-state index in [4.69, 9.17) is 9.47 Å². The van der Waals surface area contributed by atoms with Crippen molar-refractivity contribution in [1.29, 1.82) is 0 Å². The van der Waals surface area contributed by atoms with E-state index in [9.17, 15) is 9.59 Å². The summed E-state index contributed by atoms with van der Waals surface area (Å²) in [5, 5.41) is 2.60. The fraction of sp³-hybridized carbons (Fsp3) is 0.500. The van der Waals surface area contributed by atoms with Gasteiger partial charge in [-0.05, 0) is 44.0 Å². The Kier molecular flexibility index (Phi) is 6.72. The van der Waals surface area contributed by atoms with Crippen molar-refractivity contribution in [3.8, 4) is 5.75 Å². The number of benzene rings is 1. The molecule has 1 aromatic rings. The molecule has 0 fully saturated rings. The standard InChI is InChI=1S/C16H23NO4/c1-5-20-16(19)12(4)17-15(18)13-6-8-14(9-7-13)21-10-11(2)3/h6-9,11-12H,5,10H2,1-4H3,(H,17,18). The fourth-order valence-corrected chi connectivity index (χ4v) is 1.57. The topological polar surface area (TPSA) is 64.6 Å². The molecule has 5 nitrogen and oxygen atoms in total. The van der Waals surface area contributed by atoms with Gasteiger partial charge in [0, 0.05) is 5.56 Å². The van der Waals surface area contributed by atoms with Crippen LogP contribution in [0.3, 0.4) is 0 Å². The number of esters is 1. The highest BCUT2D eigenvalue weighted by molar-refractivity contribution is 5.96. The molecular formula is C16H23NO4. The first-order valence-corrected chi connectivity index (χ1v) is 7.14. The number of carbonyl (C=O) groups excluding carboxylic acids is 2. The number of hydrogen-bond donors (Lipinski definition) is 1. The Bertz CT molecular complexity index is 468. The van der Waals surface area contributed by atoms with Crippen molar-refractivity contribution in [3.63, 3.8) is 0 Å². The second-order valence-corrected chi connectivity index (χ2v) is 5.18. The number of hydrogen-bond acceptors (Lipinski definition) is 4. The zero-order valence-electron chi connectivity index (χ0n) is 13.0. The van der Waals surface area contributed by atoms with Gasteiger partial charge >= 0.3 is 5.97 Å². The molecule has 0 aliphatic rings. The van der Waals surface area contributed by atoms with Crippen LogP contribution in [0.1, 0.15) is 38.1 Å². The lowest BCUT2D eigenvalue weighted by atomic mass is 10.2. The zero-order valence-corrected chi connectivity index (χ0v) is 13.0. The number of ether oxygens (including phenoxy) is 2. The van der Waals surface area contributed by atoms with Crippen LogP contribution < -0.4 is 10.1 Å². The van der Waals surface area contributed by atoms with Crippen molar-refractivity contribution in [2.24, 2.45) is 5.92 Å². The van der Waals surface area contributed by atoms with Crippen molar-refractivity contribution in [2.45, 2.75) is 33.7 Å². The lowest BCUT2D eigenvalue weighted by Gasteiger charge is -2.13. The number of nitrogens with one attached hydrogen (secondary N) is 1. The predicted molar refractivity (Wildman–Crippen MR) is 80.3 cm³/mol. The average Bonchev–Trinajstić information content (AvgIpc) is 2.45. The largest absolute Gasteiger partial charge is 0.493 e. The summed E-state index contributed by atoms with van der Waals surface area (Å²) >= 11 is 0. The maximum atomic E-state index is 12.0. The second-order valence-electron chi connectivity index (χ2n) is 5.18. The van der Waals surface area contributed by atoms with Crippen molar-refractivity contribution >= 4 is 11.9 Å². The van der Waals surface area contributed by atoms with Gasteiger partial charge in [-0.3, -0.25) is 4.79 Å². The van der Waals surface area contributed by atoms with Crippen LogP contribution in [0, 0.1) is 5.92 Å². The lowest BCUT2D eigenvalue weighted by Crippen LogP contribution is -2.39. The molecule has 0 bridgehead atoms. The molecule has 21 heavy (non-hydrogen) atoms. The molecule has 0 aromatic heterocycles. The van der Waals surface area contributed by atoms with E-state index in [1.54, 1.807) is 38.1 Å². The highest BCUT2D eigenvalue weighted by Gasteiger charge is 2.17. The minimum atomic E-state index is -0.672. The molecular weight excluding hydrogens is 270 g/mol. The van der Waals surface area contributed by atoms with Crippen LogP contribution in [0.5, 0.6) is 5.75 Å². The maximum Gasteiger partial charge on any atom is 0.328 e. The van der Waals surface area contributed by atoms with Gasteiger partial charge in [0.1, 0.15) is 11.8 Å². The normalized spacial score (nSPS) is 11.9. The molecule has 1 rings (SSSR count). The van der Waals surface area contributed by atoms with Crippen molar-refractivity contribution in [1.82, 2.24) is 5.32 Å². The smallest absolute Gasteiger partial charge is 0.328 e. The van der Waals surface area contributed by atoms with Gasteiger partial charge in [-0.15, -0.1) is 0 Å². The Morgan fingerprint density at radius 3 is 2.29 bits per heavy atom. The Labute approximate surface area is 125 Å². The third kappa shape index (κ3) is 5.85. The summed E-state index contributed by atoms with van der Waals surface area (Å²) in [6.07, 6.45) is 0. The zero-order chi connectivity index (χ0) is 15.8. The Balaban J connectivity index is 2.56. The monoisotopic (exact) mass is 293 g/mol. The molecule has 0 spiro atoms. The van der Waals surface area contributed by atoms with E-state index in [0.29, 0.717) is 24.7 Å². The highest BCUT2D eigenvalue weighted by atomic mass is 16.5. The first-order chi connectivity index (χ1) is 9.93. The van der Waals surface area contributed by atoms with E-state index < -0.39 is 12.0 Å². The molecule has 0 aliphatic carbocycles. The van der Waals surface area contributed by atoms with Gasteiger partial charge in [0.2, 0.25) is 0 Å². The number of rotatable bonds is 7. The summed E-state index contributed by atoms with van der Waals surface area (Å²) < 4.78 is 10.4. The molecule has 116 valence electrons. The highest BCUT2D eigenvalue weighted by Crippen LogP contribution is 2.13. The summed E-state index contributed by atoms with van der Waals surface area (Å²) in [5.41, 5.74) is 0.475. The van der Waals surface area contributed by atoms with Crippen LogP contribution in [0.2, 0.25) is 0 Å². The molecule has 1 N–H and O–H groups in total. The van der Waals surface area contributed by atoms with Gasteiger partial charge in [-0.25, -0.2) is 4.79 Å². The molecule has 1 atom stereocenters. The number of amides is 1. The maximum absolute atomic E-state index is 12.0. The van der Waals surface area contributed by atoms with E-state index in [-0.39, 0.29) is 5.91 Å². The van der Waals surface area contributed by atoms with Gasteiger partial charge in [0.05, 0.1) is 13.2 Å². The van der Waals surface area contributed by atoms with Crippen LogP contribution in [0.4, 0.5) is 0 Å². The molecule has 0 radical (unpaired) electrons. The van der Waals surface area contributed by atoms with E-state index >= 15 is 0 Å². The van der Waals surface area contributed by atoms with Crippen molar-refractivity contribution < 1.29 is 19.1 Å². The van der Waals surface area contributed by atoms with E-state index in [2.05, 4.69) is 19.2 Å². The van der Waals surface area contributed by atoms with Crippen LogP contribution in [0.25, 0.3) is 0 Å². The van der Waals surface area contributed by atoms with Crippen LogP contribution in [-0.4, -0.2) is 31.1 Å². The lowest BCUT2D eigenvalue weighted by molar-refractivity contribution is -0.144. The van der Waals surface area contributed by atoms with Crippen LogP contribution in [0.15, 0.2) is 24.3 Å². The van der Waals surface area contributed by atoms with Crippen molar-refractivity contribution in [3.05, 3.63) is 29.8 Å². The minimum Gasteiger partial charge on any atom is -0.493 e. The van der Waals surface area contributed by atoms with Gasteiger partial charge in [-0.1, -0.05) is 13.8 Å². The summed E-state index contributed by atoms with van der Waals surface area (Å²) in [5.74, 6) is 0.408. The Hall–Kier alpha value is -2.04. The Morgan fingerprint density at radius 1 is 1.14 bits per heavy atom. The van der Waals surface area contributed by atoms with Crippen LogP contribution in [-0.2, 0) is 9.53 Å². The quantitative estimate of drug-likeness (QED) is 0.784. The third-order valence-electron chi connectivity index (χ3n) is 2.69. The van der Waals surface area contributed by atoms with E-state index in [1.807, 2.05) is 0 Å². The second kappa shape index (κ2) is 8.29. The number of carbonyl (C=O) groups is 2. The van der Waals surface area contributed by atoms with Gasteiger partial charge in [0.15, 0.2) is 0 Å². The molecule has 0 saturated carbocycles. The summed E-state index contributed by atoms with van der Waals surface area (Å²) in [6.45, 7) is 8.38. The summed E-state index contributed by atoms with van der Waals surface area (Å²) in [6, 6.07) is 6.15. The van der Waals surface area contributed by atoms with Gasteiger partial charge < -0.3 is 14.8 Å². The van der Waals surface area contributed by atoms with Crippen molar-refractivity contribution in [2.75, 3.05) is 13.2 Å². The molecule has 1 aromatic carbocycles. The molecule has 0 saturated heterocycles. The summed E-state index contributed by atoms with van der Waals surface area (Å²) in [7, 11) is 0. The van der Waals surface area contributed by atoms with Gasteiger partial charge in [0.25, 0.3) is 5.91 Å². The summed E-state index contributed by atoms with van der Waals surface area (Å²) in [4.78, 5) is 23.4. The first-order valence-electron chi connectivity index (χ1n) is 7.14. The predicted octanol–water partition coefficient (Wildman–Crippen LogP) is 2.40. The minimum absolute atomic E-state index is 0.293. The molecule has 5 heteroatoms. The molecule has 0 heterocycles. The first kappa shape index (κ1) is 17.0. The Morgan fingerprint density at radius 2 is 1.76 bits per heavy atom. The molecule has 1 unspecified atom stereocenters. The average molecular weight is 293 g/mol. The fourth-order valence-electron chi connectivity index (χ4n) is 1.57. The van der Waals surface area contributed by atoms with Crippen LogP contribution >= 0.6 is 0 Å². The van der Waals surface area contributed by atoms with E-state index in [1.165, 1.54) is 0 Å². The van der Waals surface area contributed by atoms with Gasteiger partial charge in [-0.2, -0.15) is 0 Å². The SMILES string of the molecule is CCOC(=O)C(C)NC(=O)c1ccc(OCC(C)C)cc1. The van der Waals surface area contributed by atoms with E-state index in [0.717, 1.165) is 5.75 Å².